The molecule has 5 nitrogen and oxygen atoms in total. The van der Waals surface area contributed by atoms with Crippen LogP contribution in [0.2, 0.25) is 0 Å². The number of aliphatic hydroxyl groups is 1. The van der Waals surface area contributed by atoms with Gasteiger partial charge in [0.25, 0.3) is 5.85 Å². The number of thiocarbonyl (C=S) groups is 2. The molecular weight excluding hydrogens is 402 g/mol. The lowest BCUT2D eigenvalue weighted by Gasteiger charge is -2.51. The third-order valence-electron chi connectivity index (χ3n) is 4.54. The summed E-state index contributed by atoms with van der Waals surface area (Å²) in [6.45, 7) is -0.0945. The highest BCUT2D eigenvalue weighted by Gasteiger charge is 2.50. The summed E-state index contributed by atoms with van der Waals surface area (Å²) in [5.74, 6) is -1.05. The van der Waals surface area contributed by atoms with Crippen LogP contribution in [-0.4, -0.2) is 27.8 Å². The molecule has 0 aromatic heterocycles. The third kappa shape index (κ3) is 3.80. The fraction of sp³-hybridized carbons (Fsp3) is 0.0909. The Morgan fingerprint density at radius 1 is 0.724 bits per heavy atom. The van der Waals surface area contributed by atoms with Crippen molar-refractivity contribution in [1.29, 1.82) is 0 Å². The molecule has 1 aliphatic heterocycles. The second-order valence-corrected chi connectivity index (χ2v) is 7.23. The average molecular weight is 422 g/mol. The smallest absolute Gasteiger partial charge is 0.267 e. The van der Waals surface area contributed by atoms with Crippen molar-refractivity contribution < 1.29 is 9.84 Å². The number of nitrogens with one attached hydrogen (secondary N) is 1. The summed E-state index contributed by atoms with van der Waals surface area (Å²) in [7, 11) is 0. The molecule has 1 heterocycles. The minimum atomic E-state index is -1.68. The predicted octanol–water partition coefficient (Wildman–Crippen LogP) is 3.90. The first-order valence-corrected chi connectivity index (χ1v) is 9.87. The quantitative estimate of drug-likeness (QED) is 0.606. The van der Waals surface area contributed by atoms with Crippen LogP contribution in [0.25, 0.3) is 0 Å². The van der Waals surface area contributed by atoms with Gasteiger partial charge >= 0.3 is 0 Å². The molecule has 0 amide bonds. The monoisotopic (exact) mass is 421 g/mol. The first kappa shape index (κ1) is 19.3. The molecule has 0 aliphatic carbocycles. The zero-order chi connectivity index (χ0) is 20.3. The number of hydrogen-bond donors (Lipinski definition) is 2. The van der Waals surface area contributed by atoms with Crippen molar-refractivity contribution in [3.05, 3.63) is 91.0 Å². The summed E-state index contributed by atoms with van der Waals surface area (Å²) in [6, 6.07) is 28.2. The molecule has 146 valence electrons. The summed E-state index contributed by atoms with van der Waals surface area (Å²) >= 11 is 11.1. The van der Waals surface area contributed by atoms with Gasteiger partial charge < -0.3 is 15.2 Å². The molecule has 0 radical (unpaired) electrons. The van der Waals surface area contributed by atoms with E-state index in [-0.39, 0.29) is 6.61 Å². The topological polar surface area (TPSA) is 48.0 Å². The molecule has 2 N–H and O–H groups in total. The van der Waals surface area contributed by atoms with Crippen LogP contribution >= 0.6 is 24.4 Å². The second kappa shape index (κ2) is 8.16. The molecule has 0 bridgehead atoms. The van der Waals surface area contributed by atoms with Gasteiger partial charge in [-0.2, -0.15) is 0 Å². The van der Waals surface area contributed by atoms with Crippen LogP contribution in [0, 0.1) is 0 Å². The van der Waals surface area contributed by atoms with Crippen molar-refractivity contribution in [2.75, 3.05) is 16.4 Å². The highest BCUT2D eigenvalue weighted by Crippen LogP contribution is 2.33. The lowest BCUT2D eigenvalue weighted by Crippen LogP contribution is -2.76. The van der Waals surface area contributed by atoms with Crippen molar-refractivity contribution in [3.8, 4) is 5.75 Å². The predicted molar refractivity (Wildman–Crippen MR) is 123 cm³/mol. The number of para-hydroxylation sites is 3. The molecule has 0 saturated carbocycles. The minimum absolute atomic E-state index is 0.0945. The Hall–Kier alpha value is -3.00. The van der Waals surface area contributed by atoms with E-state index in [1.54, 1.807) is 9.80 Å². The summed E-state index contributed by atoms with van der Waals surface area (Å²) in [5.41, 5.74) is 1.43. The van der Waals surface area contributed by atoms with E-state index in [2.05, 4.69) is 5.32 Å². The van der Waals surface area contributed by atoms with Crippen molar-refractivity contribution in [2.45, 2.75) is 5.85 Å². The fourth-order valence-electron chi connectivity index (χ4n) is 3.26. The number of ether oxygens (including phenoxy) is 1. The van der Waals surface area contributed by atoms with Gasteiger partial charge in [0.05, 0.1) is 0 Å². The largest absolute Gasteiger partial charge is 0.486 e. The van der Waals surface area contributed by atoms with E-state index in [1.165, 1.54) is 0 Å². The Balaban J connectivity index is 1.80. The van der Waals surface area contributed by atoms with Crippen LogP contribution in [0.4, 0.5) is 11.4 Å². The Kier molecular flexibility index (Phi) is 5.44. The summed E-state index contributed by atoms with van der Waals surface area (Å²) in [5, 5.41) is 15.6. The van der Waals surface area contributed by atoms with Crippen LogP contribution in [0.3, 0.4) is 0 Å². The maximum absolute atomic E-state index is 12.0. The van der Waals surface area contributed by atoms with E-state index in [0.29, 0.717) is 27.3 Å². The van der Waals surface area contributed by atoms with Crippen LogP contribution < -0.4 is 19.9 Å². The highest BCUT2D eigenvalue weighted by atomic mass is 32.1. The summed E-state index contributed by atoms with van der Waals surface area (Å²) < 4.78 is 5.97. The molecule has 4 rings (SSSR count). The molecule has 7 heteroatoms. The SMILES string of the molecule is OC1(COc2ccccc2)N(c2ccccc2)C(=S)NC(=S)N1c1ccccc1. The lowest BCUT2D eigenvalue weighted by molar-refractivity contribution is 0.00941. The Morgan fingerprint density at radius 3 is 1.59 bits per heavy atom. The molecule has 1 aliphatic rings. The van der Waals surface area contributed by atoms with E-state index in [0.717, 1.165) is 0 Å². The number of nitrogens with zero attached hydrogens (tertiary/aromatic N) is 2. The molecule has 0 spiro atoms. The molecule has 3 aromatic rings. The van der Waals surface area contributed by atoms with Gasteiger partial charge in [-0.1, -0.05) is 54.6 Å². The van der Waals surface area contributed by atoms with E-state index in [1.807, 2.05) is 91.0 Å². The molecule has 1 saturated heterocycles. The molecule has 0 unspecified atom stereocenters. The Bertz CT molecular complexity index is 943. The maximum atomic E-state index is 12.0. The number of hydrogen-bond acceptors (Lipinski definition) is 4. The van der Waals surface area contributed by atoms with E-state index < -0.39 is 5.85 Å². The van der Waals surface area contributed by atoms with Gasteiger partial charge in [0.1, 0.15) is 5.75 Å². The number of anilines is 2. The molecule has 1 fully saturated rings. The standard InChI is InChI=1S/C22H19N3O2S2/c26-22(16-27-19-14-8-3-9-15-19)24(17-10-4-1-5-11-17)20(28)23-21(29)25(22)18-12-6-2-7-13-18/h1-15,26H,16H2,(H,23,28,29). The van der Waals surface area contributed by atoms with Crippen LogP contribution in [0.5, 0.6) is 5.75 Å². The van der Waals surface area contributed by atoms with Gasteiger partial charge in [0, 0.05) is 11.4 Å². The molecule has 29 heavy (non-hydrogen) atoms. The Labute approximate surface area is 180 Å². The van der Waals surface area contributed by atoms with Gasteiger partial charge in [-0.05, 0) is 60.8 Å². The first-order chi connectivity index (χ1) is 14.1. The van der Waals surface area contributed by atoms with E-state index >= 15 is 0 Å². The van der Waals surface area contributed by atoms with Crippen molar-refractivity contribution in [3.63, 3.8) is 0 Å². The summed E-state index contributed by atoms with van der Waals surface area (Å²) in [6.07, 6.45) is 0. The second-order valence-electron chi connectivity index (χ2n) is 6.45. The Morgan fingerprint density at radius 2 is 1.14 bits per heavy atom. The maximum Gasteiger partial charge on any atom is 0.267 e. The normalized spacial score (nSPS) is 15.8. The fourth-order valence-corrected chi connectivity index (χ4v) is 4.02. The molecule has 3 aromatic carbocycles. The van der Waals surface area contributed by atoms with Gasteiger partial charge in [-0.15, -0.1) is 0 Å². The van der Waals surface area contributed by atoms with Crippen molar-refractivity contribution >= 4 is 46.0 Å². The summed E-state index contributed by atoms with van der Waals surface area (Å²) in [4.78, 5) is 3.24. The number of benzene rings is 3. The van der Waals surface area contributed by atoms with Crippen LogP contribution in [-0.2, 0) is 0 Å². The van der Waals surface area contributed by atoms with Gasteiger partial charge in [0.2, 0.25) is 0 Å². The molecule has 0 atom stereocenters. The van der Waals surface area contributed by atoms with E-state index in [4.69, 9.17) is 29.2 Å². The van der Waals surface area contributed by atoms with Crippen LogP contribution in [0.15, 0.2) is 91.0 Å². The van der Waals surface area contributed by atoms with Gasteiger partial charge in [-0.25, -0.2) is 0 Å². The highest BCUT2D eigenvalue weighted by molar-refractivity contribution is 7.82. The van der Waals surface area contributed by atoms with Gasteiger partial charge in [-0.3, -0.25) is 9.80 Å². The zero-order valence-corrected chi connectivity index (χ0v) is 17.1. The van der Waals surface area contributed by atoms with Gasteiger partial charge in [0.15, 0.2) is 16.8 Å². The number of rotatable bonds is 5. The molecular formula is C22H19N3O2S2. The van der Waals surface area contributed by atoms with E-state index in [9.17, 15) is 5.11 Å². The third-order valence-corrected chi connectivity index (χ3v) is 5.11. The van der Waals surface area contributed by atoms with Crippen LogP contribution in [0.1, 0.15) is 0 Å². The lowest BCUT2D eigenvalue weighted by atomic mass is 10.2. The average Bonchev–Trinajstić information content (AvgIpc) is 2.74. The van der Waals surface area contributed by atoms with Crippen molar-refractivity contribution in [2.24, 2.45) is 0 Å². The van der Waals surface area contributed by atoms with Crippen molar-refractivity contribution in [1.82, 2.24) is 5.32 Å². The minimum Gasteiger partial charge on any atom is -0.486 e. The zero-order valence-electron chi connectivity index (χ0n) is 15.4. The first-order valence-electron chi connectivity index (χ1n) is 9.05.